The van der Waals surface area contributed by atoms with E-state index in [2.05, 4.69) is 37.2 Å². The highest BCUT2D eigenvalue weighted by Crippen LogP contribution is 2.25. The summed E-state index contributed by atoms with van der Waals surface area (Å²) in [7, 11) is 0. The molecule has 0 fully saturated rings. The average Bonchev–Trinajstić information content (AvgIpc) is 2.61. The average molecular weight is 209 g/mol. The van der Waals surface area contributed by atoms with Gasteiger partial charge in [-0.3, -0.25) is 0 Å². The summed E-state index contributed by atoms with van der Waals surface area (Å²) in [5.41, 5.74) is 7.22. The maximum atomic E-state index is 5.81. The molecule has 0 bridgehead atoms. The molecule has 0 spiro atoms. The smallest absolute Gasteiger partial charge is 0.0951 e. The molecular weight excluding hydrogens is 186 g/mol. The Morgan fingerprint density at radius 3 is 2.60 bits per heavy atom. The molecule has 1 atom stereocenters. The zero-order valence-corrected chi connectivity index (χ0v) is 10.3. The third-order valence-electron chi connectivity index (χ3n) is 2.72. The number of nitrogens with two attached hydrogens (primary N) is 1. The van der Waals surface area contributed by atoms with E-state index in [1.807, 2.05) is 12.5 Å². The van der Waals surface area contributed by atoms with Crippen LogP contribution in [0.4, 0.5) is 0 Å². The molecule has 1 rings (SSSR count). The molecule has 0 aliphatic carbocycles. The van der Waals surface area contributed by atoms with E-state index in [4.69, 9.17) is 5.73 Å². The summed E-state index contributed by atoms with van der Waals surface area (Å²) in [6, 6.07) is 0.395. The van der Waals surface area contributed by atoms with Crippen molar-refractivity contribution in [2.75, 3.05) is 6.54 Å². The lowest BCUT2D eigenvalue weighted by Crippen LogP contribution is -2.25. The van der Waals surface area contributed by atoms with E-state index in [1.165, 1.54) is 5.69 Å². The molecule has 1 unspecified atom stereocenters. The lowest BCUT2D eigenvalue weighted by molar-refractivity contribution is 0.422. The minimum absolute atomic E-state index is 0.137. The molecule has 15 heavy (non-hydrogen) atoms. The van der Waals surface area contributed by atoms with Crippen LogP contribution in [0.3, 0.4) is 0 Å². The first-order valence-electron chi connectivity index (χ1n) is 5.73. The topological polar surface area (TPSA) is 43.8 Å². The molecule has 1 aromatic rings. The minimum atomic E-state index is 0.137. The second-order valence-electron chi connectivity index (χ2n) is 5.11. The maximum Gasteiger partial charge on any atom is 0.0951 e. The van der Waals surface area contributed by atoms with Gasteiger partial charge < -0.3 is 10.3 Å². The van der Waals surface area contributed by atoms with Gasteiger partial charge in [0.1, 0.15) is 0 Å². The lowest BCUT2D eigenvalue weighted by atomic mass is 9.92. The van der Waals surface area contributed by atoms with Gasteiger partial charge in [-0.2, -0.15) is 0 Å². The van der Waals surface area contributed by atoms with Gasteiger partial charge in [0.05, 0.1) is 6.33 Å². The fraction of sp³-hybridized carbons (Fsp3) is 0.750. The molecule has 0 aliphatic rings. The molecular formula is C12H23N3. The molecule has 3 nitrogen and oxygen atoms in total. The number of hydrogen-bond donors (Lipinski definition) is 1. The third kappa shape index (κ3) is 2.81. The van der Waals surface area contributed by atoms with E-state index in [0.29, 0.717) is 12.6 Å². The Bertz CT molecular complexity index is 296. The van der Waals surface area contributed by atoms with E-state index in [-0.39, 0.29) is 5.41 Å². The van der Waals surface area contributed by atoms with E-state index in [1.54, 1.807) is 0 Å². The Hall–Kier alpha value is -0.830. The molecule has 86 valence electrons. The Labute approximate surface area is 92.7 Å². The molecule has 0 saturated heterocycles. The van der Waals surface area contributed by atoms with Gasteiger partial charge in [0.15, 0.2) is 0 Å². The van der Waals surface area contributed by atoms with Crippen molar-refractivity contribution in [3.05, 3.63) is 18.2 Å². The van der Waals surface area contributed by atoms with Gasteiger partial charge in [-0.25, -0.2) is 4.98 Å². The van der Waals surface area contributed by atoms with Crippen LogP contribution < -0.4 is 5.73 Å². The van der Waals surface area contributed by atoms with Crippen molar-refractivity contribution >= 4 is 0 Å². The molecule has 1 aromatic heterocycles. The summed E-state index contributed by atoms with van der Waals surface area (Å²) in [6.07, 6.45) is 6.14. The van der Waals surface area contributed by atoms with E-state index in [9.17, 15) is 0 Å². The van der Waals surface area contributed by atoms with E-state index in [0.717, 1.165) is 12.8 Å². The largest absolute Gasteiger partial charge is 0.330 e. The molecule has 0 aliphatic heterocycles. The standard InChI is InChI=1S/C12H23N3/c1-5-6-10(7-13)15-9-14-8-11(15)12(2,3)4/h8-10H,5-7,13H2,1-4H3. The zero-order chi connectivity index (χ0) is 11.5. The van der Waals surface area contributed by atoms with E-state index < -0.39 is 0 Å². The Morgan fingerprint density at radius 1 is 1.47 bits per heavy atom. The predicted octanol–water partition coefficient (Wildman–Crippen LogP) is 2.48. The second kappa shape index (κ2) is 4.79. The summed E-state index contributed by atoms with van der Waals surface area (Å²) in [6.45, 7) is 9.50. The monoisotopic (exact) mass is 209 g/mol. The van der Waals surface area contributed by atoms with Gasteiger partial charge in [-0.1, -0.05) is 34.1 Å². The molecule has 0 radical (unpaired) electrons. The lowest BCUT2D eigenvalue weighted by Gasteiger charge is -2.25. The van der Waals surface area contributed by atoms with Crippen LogP contribution in [0.2, 0.25) is 0 Å². The molecule has 0 saturated carbocycles. The number of nitrogens with zero attached hydrogens (tertiary/aromatic N) is 2. The van der Waals surface area contributed by atoms with Crippen molar-refractivity contribution in [1.82, 2.24) is 9.55 Å². The van der Waals surface area contributed by atoms with Crippen LogP contribution in [0.5, 0.6) is 0 Å². The molecule has 0 aromatic carbocycles. The first kappa shape index (κ1) is 12.2. The van der Waals surface area contributed by atoms with Gasteiger partial charge in [0.2, 0.25) is 0 Å². The quantitative estimate of drug-likeness (QED) is 0.828. The van der Waals surface area contributed by atoms with Gasteiger partial charge in [-0.15, -0.1) is 0 Å². The van der Waals surface area contributed by atoms with Crippen LogP contribution in [0.25, 0.3) is 0 Å². The van der Waals surface area contributed by atoms with Gasteiger partial charge in [0.25, 0.3) is 0 Å². The Morgan fingerprint density at radius 2 is 2.13 bits per heavy atom. The first-order chi connectivity index (χ1) is 7.00. The summed E-state index contributed by atoms with van der Waals surface area (Å²) < 4.78 is 2.24. The highest BCUT2D eigenvalue weighted by atomic mass is 15.1. The highest BCUT2D eigenvalue weighted by molar-refractivity contribution is 5.11. The Kier molecular flexibility index (Phi) is 3.91. The normalized spacial score (nSPS) is 14.2. The predicted molar refractivity (Wildman–Crippen MR) is 63.9 cm³/mol. The van der Waals surface area contributed by atoms with Gasteiger partial charge in [0, 0.05) is 29.9 Å². The summed E-state index contributed by atoms with van der Waals surface area (Å²) >= 11 is 0. The van der Waals surface area contributed by atoms with Crippen LogP contribution in [0.1, 0.15) is 52.3 Å². The van der Waals surface area contributed by atoms with Crippen LogP contribution in [-0.2, 0) is 5.41 Å². The van der Waals surface area contributed by atoms with Gasteiger partial charge in [-0.05, 0) is 6.42 Å². The van der Waals surface area contributed by atoms with Crippen LogP contribution in [0, 0.1) is 0 Å². The summed E-state index contributed by atoms with van der Waals surface area (Å²) in [5.74, 6) is 0. The summed E-state index contributed by atoms with van der Waals surface area (Å²) in [5, 5.41) is 0. The van der Waals surface area contributed by atoms with Crippen LogP contribution in [-0.4, -0.2) is 16.1 Å². The Balaban J connectivity index is 2.97. The van der Waals surface area contributed by atoms with E-state index >= 15 is 0 Å². The third-order valence-corrected chi connectivity index (χ3v) is 2.72. The fourth-order valence-electron chi connectivity index (χ4n) is 1.88. The van der Waals surface area contributed by atoms with Crippen LogP contribution in [0.15, 0.2) is 12.5 Å². The fourth-order valence-corrected chi connectivity index (χ4v) is 1.88. The van der Waals surface area contributed by atoms with Gasteiger partial charge >= 0.3 is 0 Å². The highest BCUT2D eigenvalue weighted by Gasteiger charge is 2.21. The molecule has 1 heterocycles. The van der Waals surface area contributed by atoms with Crippen molar-refractivity contribution in [2.45, 2.75) is 52.0 Å². The number of aromatic nitrogens is 2. The van der Waals surface area contributed by atoms with Crippen molar-refractivity contribution in [3.8, 4) is 0 Å². The van der Waals surface area contributed by atoms with Crippen LogP contribution >= 0.6 is 0 Å². The second-order valence-corrected chi connectivity index (χ2v) is 5.11. The van der Waals surface area contributed by atoms with Crippen molar-refractivity contribution in [2.24, 2.45) is 5.73 Å². The first-order valence-corrected chi connectivity index (χ1v) is 5.73. The summed E-state index contributed by atoms with van der Waals surface area (Å²) in [4.78, 5) is 4.25. The molecule has 2 N–H and O–H groups in total. The number of hydrogen-bond acceptors (Lipinski definition) is 2. The number of rotatable bonds is 4. The molecule has 3 heteroatoms. The zero-order valence-electron chi connectivity index (χ0n) is 10.3. The van der Waals surface area contributed by atoms with Crippen molar-refractivity contribution in [1.29, 1.82) is 0 Å². The minimum Gasteiger partial charge on any atom is -0.330 e. The maximum absolute atomic E-state index is 5.81. The van der Waals surface area contributed by atoms with Crippen molar-refractivity contribution < 1.29 is 0 Å². The van der Waals surface area contributed by atoms with Crippen molar-refractivity contribution in [3.63, 3.8) is 0 Å². The SMILES string of the molecule is CCCC(CN)n1cncc1C(C)(C)C. The number of imidazole rings is 1. The molecule has 0 amide bonds.